The molecular weight excluding hydrogens is 438 g/mol. The van der Waals surface area contributed by atoms with E-state index in [1.807, 2.05) is 4.68 Å². The van der Waals surface area contributed by atoms with Crippen LogP contribution in [0.2, 0.25) is 0 Å². The number of rotatable bonds is 7. The molecule has 2 aromatic carbocycles. The quantitative estimate of drug-likeness (QED) is 0.500. The summed E-state index contributed by atoms with van der Waals surface area (Å²) in [5.74, 6) is 3.71. The van der Waals surface area contributed by atoms with Crippen molar-refractivity contribution in [2.45, 2.75) is 25.4 Å². The number of anilines is 1. The second-order valence-electron chi connectivity index (χ2n) is 7.81. The van der Waals surface area contributed by atoms with Crippen LogP contribution in [0.15, 0.2) is 36.4 Å². The molecule has 0 aliphatic carbocycles. The van der Waals surface area contributed by atoms with E-state index >= 15 is 0 Å². The fraction of sp³-hybridized carbons (Fsp3) is 0.280. The monoisotopic (exact) mass is 465 g/mol. The zero-order chi connectivity index (χ0) is 23.5. The number of carbonyl (C=O) groups excluding carboxylic acids is 1. The number of aryl methyl sites for hydroxylation is 2. The van der Waals surface area contributed by atoms with Crippen molar-refractivity contribution in [3.05, 3.63) is 64.4 Å². The summed E-state index contributed by atoms with van der Waals surface area (Å²) < 4.78 is 18.0. The third-order valence-corrected chi connectivity index (χ3v) is 6.33. The smallest absolute Gasteiger partial charge is 0.249 e. The van der Waals surface area contributed by atoms with Crippen molar-refractivity contribution in [3.8, 4) is 22.9 Å². The average Bonchev–Trinajstić information content (AvgIpc) is 3.38. The van der Waals surface area contributed by atoms with Gasteiger partial charge in [-0.3, -0.25) is 4.79 Å². The SMILES string of the molecule is COc1cc(/C=C/C(=O)Nc2c3c(nn2-c2cc(C)cc(C)c2)CSC3)cc(OC)c1OC. The van der Waals surface area contributed by atoms with Gasteiger partial charge < -0.3 is 19.5 Å². The van der Waals surface area contributed by atoms with Gasteiger partial charge >= 0.3 is 0 Å². The van der Waals surface area contributed by atoms with Gasteiger partial charge in [0.2, 0.25) is 11.7 Å². The molecule has 0 radical (unpaired) electrons. The molecule has 2 heterocycles. The molecule has 33 heavy (non-hydrogen) atoms. The van der Waals surface area contributed by atoms with E-state index in [0.29, 0.717) is 17.2 Å². The molecule has 1 aliphatic rings. The van der Waals surface area contributed by atoms with E-state index < -0.39 is 0 Å². The van der Waals surface area contributed by atoms with Crippen molar-refractivity contribution >= 4 is 29.6 Å². The van der Waals surface area contributed by atoms with Crippen molar-refractivity contribution < 1.29 is 19.0 Å². The van der Waals surface area contributed by atoms with E-state index in [4.69, 9.17) is 19.3 Å². The van der Waals surface area contributed by atoms with Crippen LogP contribution < -0.4 is 19.5 Å². The first kappa shape index (κ1) is 22.8. The molecule has 1 aliphatic heterocycles. The predicted molar refractivity (Wildman–Crippen MR) is 132 cm³/mol. The Morgan fingerprint density at radius 3 is 2.27 bits per heavy atom. The normalized spacial score (nSPS) is 12.6. The van der Waals surface area contributed by atoms with Gasteiger partial charge in [-0.1, -0.05) is 6.07 Å². The number of fused-ring (bicyclic) bond motifs is 1. The van der Waals surface area contributed by atoms with Gasteiger partial charge in [-0.05, 0) is 60.9 Å². The number of thioether (sulfide) groups is 1. The molecule has 0 bridgehead atoms. The number of nitrogens with zero attached hydrogens (tertiary/aromatic N) is 2. The highest BCUT2D eigenvalue weighted by Gasteiger charge is 2.24. The molecule has 8 heteroatoms. The summed E-state index contributed by atoms with van der Waals surface area (Å²) in [5, 5.41) is 7.84. The lowest BCUT2D eigenvalue weighted by Crippen LogP contribution is -2.13. The van der Waals surface area contributed by atoms with Gasteiger partial charge in [0.15, 0.2) is 11.5 Å². The van der Waals surface area contributed by atoms with Gasteiger partial charge in [0, 0.05) is 23.1 Å². The summed E-state index contributed by atoms with van der Waals surface area (Å²) in [6.07, 6.45) is 3.21. The Kier molecular flexibility index (Phi) is 6.65. The van der Waals surface area contributed by atoms with Gasteiger partial charge in [-0.25, -0.2) is 4.68 Å². The summed E-state index contributed by atoms with van der Waals surface area (Å²) >= 11 is 1.80. The van der Waals surface area contributed by atoms with E-state index in [9.17, 15) is 4.79 Å². The van der Waals surface area contributed by atoms with Crippen molar-refractivity contribution in [2.75, 3.05) is 26.6 Å². The number of carbonyl (C=O) groups is 1. The second kappa shape index (κ2) is 9.62. The second-order valence-corrected chi connectivity index (χ2v) is 8.79. The summed E-state index contributed by atoms with van der Waals surface area (Å²) in [6, 6.07) is 9.85. The molecule has 0 saturated heterocycles. The van der Waals surface area contributed by atoms with Crippen LogP contribution in [-0.4, -0.2) is 37.0 Å². The molecule has 172 valence electrons. The summed E-state index contributed by atoms with van der Waals surface area (Å²) in [6.45, 7) is 4.11. The summed E-state index contributed by atoms with van der Waals surface area (Å²) in [7, 11) is 4.67. The third-order valence-electron chi connectivity index (χ3n) is 5.36. The van der Waals surface area contributed by atoms with E-state index in [1.54, 1.807) is 51.3 Å². The molecule has 3 aromatic rings. The molecule has 1 amide bonds. The predicted octanol–water partition coefficient (Wildman–Crippen LogP) is 4.91. The molecule has 0 spiro atoms. The Hall–Kier alpha value is -3.39. The lowest BCUT2D eigenvalue weighted by molar-refractivity contribution is -0.111. The van der Waals surface area contributed by atoms with Gasteiger partial charge in [0.05, 0.1) is 32.7 Å². The Bertz CT molecular complexity index is 1190. The average molecular weight is 466 g/mol. The molecule has 0 atom stereocenters. The molecule has 0 unspecified atom stereocenters. The number of methoxy groups -OCH3 is 3. The van der Waals surface area contributed by atoms with Crippen LogP contribution in [0.1, 0.15) is 27.9 Å². The molecule has 1 aromatic heterocycles. The first-order valence-electron chi connectivity index (χ1n) is 10.5. The lowest BCUT2D eigenvalue weighted by Gasteiger charge is -2.13. The topological polar surface area (TPSA) is 74.6 Å². The number of ether oxygens (including phenoxy) is 3. The molecular formula is C25H27N3O4S. The zero-order valence-electron chi connectivity index (χ0n) is 19.4. The Morgan fingerprint density at radius 1 is 1.00 bits per heavy atom. The molecule has 1 N–H and O–H groups in total. The fourth-order valence-electron chi connectivity index (χ4n) is 3.93. The van der Waals surface area contributed by atoms with Gasteiger partial charge in [0.25, 0.3) is 0 Å². The number of aromatic nitrogens is 2. The Balaban J connectivity index is 1.63. The highest BCUT2D eigenvalue weighted by molar-refractivity contribution is 7.98. The van der Waals surface area contributed by atoms with Gasteiger partial charge in [-0.15, -0.1) is 0 Å². The first-order chi connectivity index (χ1) is 15.9. The van der Waals surface area contributed by atoms with Crippen LogP contribution in [0.3, 0.4) is 0 Å². The number of hydrogen-bond donors (Lipinski definition) is 1. The Labute approximate surface area is 197 Å². The highest BCUT2D eigenvalue weighted by atomic mass is 32.2. The number of nitrogens with one attached hydrogen (secondary N) is 1. The van der Waals surface area contributed by atoms with Crippen LogP contribution in [0.5, 0.6) is 17.2 Å². The molecule has 7 nitrogen and oxygen atoms in total. The number of hydrogen-bond acceptors (Lipinski definition) is 6. The maximum atomic E-state index is 12.9. The van der Waals surface area contributed by atoms with E-state index in [0.717, 1.165) is 51.0 Å². The van der Waals surface area contributed by atoms with Crippen molar-refractivity contribution in [1.82, 2.24) is 9.78 Å². The van der Waals surface area contributed by atoms with Crippen LogP contribution >= 0.6 is 11.8 Å². The zero-order valence-corrected chi connectivity index (χ0v) is 20.2. The van der Waals surface area contributed by atoms with E-state index in [-0.39, 0.29) is 5.91 Å². The Morgan fingerprint density at radius 2 is 1.67 bits per heavy atom. The largest absolute Gasteiger partial charge is 0.493 e. The van der Waals surface area contributed by atoms with E-state index in [2.05, 4.69) is 37.4 Å². The minimum atomic E-state index is -0.242. The third kappa shape index (κ3) is 4.71. The lowest BCUT2D eigenvalue weighted by atomic mass is 10.1. The van der Waals surface area contributed by atoms with Crippen LogP contribution in [-0.2, 0) is 16.3 Å². The number of benzene rings is 2. The molecule has 0 fully saturated rings. The highest BCUT2D eigenvalue weighted by Crippen LogP contribution is 2.39. The number of amides is 1. The fourth-order valence-corrected chi connectivity index (χ4v) is 4.96. The van der Waals surface area contributed by atoms with Crippen molar-refractivity contribution in [1.29, 1.82) is 0 Å². The van der Waals surface area contributed by atoms with Crippen LogP contribution in [0, 0.1) is 13.8 Å². The molecule has 0 saturated carbocycles. The molecule has 4 rings (SSSR count). The van der Waals surface area contributed by atoms with Crippen molar-refractivity contribution in [2.24, 2.45) is 0 Å². The van der Waals surface area contributed by atoms with Crippen molar-refractivity contribution in [3.63, 3.8) is 0 Å². The maximum Gasteiger partial charge on any atom is 0.249 e. The first-order valence-corrected chi connectivity index (χ1v) is 11.6. The van der Waals surface area contributed by atoms with Crippen LogP contribution in [0.4, 0.5) is 5.82 Å². The standard InChI is InChI=1S/C25H27N3O4S/c1-15-8-16(2)10-18(9-15)28-25(19-13-33-14-20(19)27-28)26-23(29)7-6-17-11-21(30-3)24(32-5)22(12-17)31-4/h6-12H,13-14H2,1-5H3,(H,26,29)/b7-6+. The summed E-state index contributed by atoms with van der Waals surface area (Å²) in [5.41, 5.74) is 6.08. The van der Waals surface area contributed by atoms with Gasteiger partial charge in [-0.2, -0.15) is 16.9 Å². The maximum absolute atomic E-state index is 12.9. The minimum Gasteiger partial charge on any atom is -0.493 e. The van der Waals surface area contributed by atoms with E-state index in [1.165, 1.54) is 6.08 Å². The van der Waals surface area contributed by atoms with Crippen LogP contribution in [0.25, 0.3) is 11.8 Å². The van der Waals surface area contributed by atoms with Gasteiger partial charge in [0.1, 0.15) is 5.82 Å². The summed E-state index contributed by atoms with van der Waals surface area (Å²) in [4.78, 5) is 12.9. The minimum absolute atomic E-state index is 0.242.